The van der Waals surface area contributed by atoms with E-state index in [-0.39, 0.29) is 5.91 Å². The van der Waals surface area contributed by atoms with Crippen LogP contribution >= 0.6 is 0 Å². The number of rotatable bonds is 6. The second kappa shape index (κ2) is 8.82. The lowest BCUT2D eigenvalue weighted by molar-refractivity contribution is -0.120. The van der Waals surface area contributed by atoms with Crippen molar-refractivity contribution in [2.24, 2.45) is 0 Å². The number of amides is 1. The van der Waals surface area contributed by atoms with Gasteiger partial charge in [-0.05, 0) is 43.0 Å². The summed E-state index contributed by atoms with van der Waals surface area (Å²) in [6.07, 6.45) is 4.36. The molecule has 1 saturated heterocycles. The Hall–Kier alpha value is -2.13. The van der Waals surface area contributed by atoms with Crippen LogP contribution < -0.4 is 5.32 Å². The molecule has 1 N–H and O–H groups in total. The molecule has 3 heteroatoms. The third-order valence-corrected chi connectivity index (χ3v) is 5.12. The van der Waals surface area contributed by atoms with Crippen molar-refractivity contribution in [2.45, 2.75) is 51.7 Å². The number of nitrogens with one attached hydrogen (secondary N) is 1. The van der Waals surface area contributed by atoms with Crippen LogP contribution in [0.2, 0.25) is 0 Å². The van der Waals surface area contributed by atoms with E-state index in [2.05, 4.69) is 41.4 Å². The molecule has 1 aliphatic rings. The maximum Gasteiger partial charge on any atom is 0.224 e. The number of piperidine rings is 1. The number of hydrogen-bond acceptors (Lipinski definition) is 2. The fraction of sp³-hybridized carbons (Fsp3) is 0.409. The summed E-state index contributed by atoms with van der Waals surface area (Å²) in [4.78, 5) is 14.8. The largest absolute Gasteiger partial charge is 0.352 e. The van der Waals surface area contributed by atoms with Gasteiger partial charge in [0.25, 0.3) is 0 Å². The third kappa shape index (κ3) is 5.17. The van der Waals surface area contributed by atoms with Gasteiger partial charge in [-0.25, -0.2) is 0 Å². The third-order valence-electron chi connectivity index (χ3n) is 5.12. The maximum atomic E-state index is 12.2. The fourth-order valence-electron chi connectivity index (χ4n) is 3.53. The Kier molecular flexibility index (Phi) is 6.24. The highest BCUT2D eigenvalue weighted by molar-refractivity contribution is 5.78. The van der Waals surface area contributed by atoms with Crippen LogP contribution in [-0.4, -0.2) is 23.4 Å². The van der Waals surface area contributed by atoms with Gasteiger partial charge in [-0.1, -0.05) is 61.0 Å². The van der Waals surface area contributed by atoms with Gasteiger partial charge in [0.2, 0.25) is 5.91 Å². The Balaban J connectivity index is 1.58. The van der Waals surface area contributed by atoms with Crippen LogP contribution in [0.1, 0.15) is 42.9 Å². The van der Waals surface area contributed by atoms with E-state index in [0.717, 1.165) is 12.1 Å². The summed E-state index contributed by atoms with van der Waals surface area (Å²) in [5.41, 5.74) is 3.60. The molecule has 1 fully saturated rings. The van der Waals surface area contributed by atoms with Crippen LogP contribution in [0.5, 0.6) is 0 Å². The quantitative estimate of drug-likeness (QED) is 0.867. The number of benzene rings is 2. The summed E-state index contributed by atoms with van der Waals surface area (Å²) >= 11 is 0. The van der Waals surface area contributed by atoms with E-state index in [1.807, 2.05) is 30.3 Å². The van der Waals surface area contributed by atoms with E-state index < -0.39 is 0 Å². The van der Waals surface area contributed by atoms with Crippen LogP contribution in [0.25, 0.3) is 0 Å². The van der Waals surface area contributed by atoms with Crippen molar-refractivity contribution >= 4 is 5.91 Å². The van der Waals surface area contributed by atoms with E-state index in [1.54, 1.807) is 0 Å². The zero-order chi connectivity index (χ0) is 17.5. The highest BCUT2D eigenvalue weighted by Crippen LogP contribution is 2.20. The molecule has 2 aromatic carbocycles. The topological polar surface area (TPSA) is 32.3 Å². The van der Waals surface area contributed by atoms with Crippen LogP contribution in [0.3, 0.4) is 0 Å². The van der Waals surface area contributed by atoms with Crippen molar-refractivity contribution in [3.63, 3.8) is 0 Å². The molecule has 0 saturated carbocycles. The minimum atomic E-state index is 0.0762. The van der Waals surface area contributed by atoms with Crippen molar-refractivity contribution < 1.29 is 4.79 Å². The highest BCUT2D eigenvalue weighted by atomic mass is 16.1. The Morgan fingerprint density at radius 3 is 2.52 bits per heavy atom. The molecule has 1 heterocycles. The number of carbonyl (C=O) groups excluding carboxylic acids is 1. The second-order valence-electron chi connectivity index (χ2n) is 7.02. The molecule has 1 atom stereocenters. The van der Waals surface area contributed by atoms with Gasteiger partial charge < -0.3 is 5.32 Å². The molecule has 132 valence electrons. The van der Waals surface area contributed by atoms with Crippen molar-refractivity contribution in [3.8, 4) is 0 Å². The molecule has 0 bridgehead atoms. The van der Waals surface area contributed by atoms with Gasteiger partial charge >= 0.3 is 0 Å². The van der Waals surface area contributed by atoms with E-state index in [4.69, 9.17) is 0 Å². The minimum absolute atomic E-state index is 0.0762. The van der Waals surface area contributed by atoms with Gasteiger partial charge in [0.15, 0.2) is 0 Å². The van der Waals surface area contributed by atoms with Crippen LogP contribution in [0.4, 0.5) is 0 Å². The van der Waals surface area contributed by atoms with Gasteiger partial charge in [-0.3, -0.25) is 9.69 Å². The smallest absolute Gasteiger partial charge is 0.224 e. The standard InChI is InChI=1S/C22H28N2O/c1-18-9-7-8-14-24(18)17-21-13-6-5-12-20(21)16-23-22(25)15-19-10-3-2-4-11-19/h2-6,10-13,18H,7-9,14-17H2,1H3,(H,23,25). The van der Waals surface area contributed by atoms with Crippen LogP contribution in [0.15, 0.2) is 54.6 Å². The van der Waals surface area contributed by atoms with Crippen molar-refractivity contribution in [2.75, 3.05) is 6.54 Å². The zero-order valence-electron chi connectivity index (χ0n) is 15.1. The Bertz CT molecular complexity index is 683. The summed E-state index contributed by atoms with van der Waals surface area (Å²) in [7, 11) is 0. The monoisotopic (exact) mass is 336 g/mol. The first-order valence-electron chi connectivity index (χ1n) is 9.34. The van der Waals surface area contributed by atoms with Crippen molar-refractivity contribution in [1.29, 1.82) is 0 Å². The second-order valence-corrected chi connectivity index (χ2v) is 7.02. The van der Waals surface area contributed by atoms with Crippen molar-refractivity contribution in [1.82, 2.24) is 10.2 Å². The van der Waals surface area contributed by atoms with E-state index >= 15 is 0 Å². The normalized spacial score (nSPS) is 18.0. The maximum absolute atomic E-state index is 12.2. The highest BCUT2D eigenvalue weighted by Gasteiger charge is 2.19. The molecule has 1 amide bonds. The number of likely N-dealkylation sites (tertiary alicyclic amines) is 1. The molecule has 0 spiro atoms. The SMILES string of the molecule is CC1CCCCN1Cc1ccccc1CNC(=O)Cc1ccccc1. The first-order chi connectivity index (χ1) is 12.2. The van der Waals surface area contributed by atoms with Gasteiger partial charge in [0.05, 0.1) is 6.42 Å². The summed E-state index contributed by atoms with van der Waals surface area (Å²) in [6.45, 7) is 5.08. The molecular formula is C22H28N2O. The first-order valence-corrected chi connectivity index (χ1v) is 9.34. The van der Waals surface area contributed by atoms with Gasteiger partial charge in [-0.15, -0.1) is 0 Å². The molecule has 3 rings (SSSR count). The molecule has 0 aliphatic carbocycles. The summed E-state index contributed by atoms with van der Waals surface area (Å²) in [5.74, 6) is 0.0762. The predicted molar refractivity (Wildman–Crippen MR) is 102 cm³/mol. The summed E-state index contributed by atoms with van der Waals surface area (Å²) in [5, 5.41) is 3.08. The Morgan fingerprint density at radius 2 is 1.76 bits per heavy atom. The fourth-order valence-corrected chi connectivity index (χ4v) is 3.53. The first kappa shape index (κ1) is 17.7. The Labute approximate surface area is 151 Å². The average molecular weight is 336 g/mol. The number of hydrogen-bond donors (Lipinski definition) is 1. The van der Waals surface area contributed by atoms with Crippen molar-refractivity contribution in [3.05, 3.63) is 71.3 Å². The van der Waals surface area contributed by atoms with Crippen LogP contribution in [-0.2, 0) is 24.3 Å². The molecule has 0 radical (unpaired) electrons. The summed E-state index contributed by atoms with van der Waals surface area (Å²) < 4.78 is 0. The molecule has 0 aromatic heterocycles. The minimum Gasteiger partial charge on any atom is -0.352 e. The summed E-state index contributed by atoms with van der Waals surface area (Å²) in [6, 6.07) is 19.0. The van der Waals surface area contributed by atoms with E-state index in [1.165, 1.54) is 36.9 Å². The van der Waals surface area contributed by atoms with E-state index in [9.17, 15) is 4.79 Å². The molecular weight excluding hydrogens is 308 g/mol. The predicted octanol–water partition coefficient (Wildman–Crippen LogP) is 3.92. The van der Waals surface area contributed by atoms with E-state index in [0.29, 0.717) is 19.0 Å². The zero-order valence-corrected chi connectivity index (χ0v) is 15.1. The number of carbonyl (C=O) groups is 1. The van der Waals surface area contributed by atoms with Crippen LogP contribution in [0, 0.1) is 0 Å². The lowest BCUT2D eigenvalue weighted by Gasteiger charge is -2.33. The molecule has 1 aliphatic heterocycles. The Morgan fingerprint density at radius 1 is 1.04 bits per heavy atom. The average Bonchev–Trinajstić information content (AvgIpc) is 2.64. The van der Waals surface area contributed by atoms with Gasteiger partial charge in [-0.2, -0.15) is 0 Å². The number of nitrogens with zero attached hydrogens (tertiary/aromatic N) is 1. The molecule has 2 aromatic rings. The lowest BCUT2D eigenvalue weighted by Crippen LogP contribution is -2.37. The molecule has 1 unspecified atom stereocenters. The molecule has 25 heavy (non-hydrogen) atoms. The lowest BCUT2D eigenvalue weighted by atomic mass is 10.0. The van der Waals surface area contributed by atoms with Gasteiger partial charge in [0, 0.05) is 19.1 Å². The van der Waals surface area contributed by atoms with Gasteiger partial charge in [0.1, 0.15) is 0 Å². The molecule has 3 nitrogen and oxygen atoms in total.